The first-order valence-corrected chi connectivity index (χ1v) is 6.49. The van der Waals surface area contributed by atoms with Crippen molar-refractivity contribution in [3.05, 3.63) is 0 Å². The number of rotatable bonds is 4. The van der Waals surface area contributed by atoms with E-state index < -0.39 is 5.54 Å². The quantitative estimate of drug-likeness (QED) is 0.749. The van der Waals surface area contributed by atoms with Crippen LogP contribution in [-0.4, -0.2) is 24.7 Å². The highest BCUT2D eigenvalue weighted by Gasteiger charge is 2.46. The molecular formula is C13H25NO2. The fourth-order valence-electron chi connectivity index (χ4n) is 2.86. The number of esters is 1. The molecule has 0 aliphatic heterocycles. The largest absolute Gasteiger partial charge is 0.465 e. The summed E-state index contributed by atoms with van der Waals surface area (Å²) in [7, 11) is 0. The van der Waals surface area contributed by atoms with E-state index in [1.165, 1.54) is 0 Å². The second-order valence-corrected chi connectivity index (χ2v) is 5.00. The fourth-order valence-corrected chi connectivity index (χ4v) is 2.86. The maximum Gasteiger partial charge on any atom is 0.326 e. The number of ether oxygens (including phenoxy) is 1. The van der Waals surface area contributed by atoms with Crippen LogP contribution in [0.3, 0.4) is 0 Å². The Labute approximate surface area is 98.9 Å². The lowest BCUT2D eigenvalue weighted by Crippen LogP contribution is -2.59. The monoisotopic (exact) mass is 227 g/mol. The van der Waals surface area contributed by atoms with Gasteiger partial charge < -0.3 is 10.1 Å². The molecule has 1 rings (SSSR count). The zero-order valence-electron chi connectivity index (χ0n) is 11.0. The number of likely N-dealkylation sites (N-methyl/N-ethyl adjacent to an activating group) is 1. The third kappa shape index (κ3) is 2.57. The van der Waals surface area contributed by atoms with E-state index in [0.717, 1.165) is 31.7 Å². The number of carbonyl (C=O) groups is 1. The average molecular weight is 227 g/mol. The summed E-state index contributed by atoms with van der Waals surface area (Å²) < 4.78 is 5.24. The fraction of sp³-hybridized carbons (Fsp3) is 0.923. The highest BCUT2D eigenvalue weighted by atomic mass is 16.5. The summed E-state index contributed by atoms with van der Waals surface area (Å²) in [5, 5.41) is 3.38. The summed E-state index contributed by atoms with van der Waals surface area (Å²) in [4.78, 5) is 12.1. The third-order valence-electron chi connectivity index (χ3n) is 3.76. The van der Waals surface area contributed by atoms with Crippen LogP contribution in [0.4, 0.5) is 0 Å². The lowest BCUT2D eigenvalue weighted by molar-refractivity contribution is -0.156. The Morgan fingerprint density at radius 3 is 2.62 bits per heavy atom. The van der Waals surface area contributed by atoms with Gasteiger partial charge in [-0.25, -0.2) is 0 Å². The van der Waals surface area contributed by atoms with Gasteiger partial charge in [-0.1, -0.05) is 20.8 Å². The molecule has 1 aliphatic rings. The Morgan fingerprint density at radius 2 is 2.12 bits per heavy atom. The zero-order chi connectivity index (χ0) is 12.2. The van der Waals surface area contributed by atoms with Gasteiger partial charge in [-0.15, -0.1) is 0 Å². The molecule has 3 atom stereocenters. The van der Waals surface area contributed by atoms with Crippen LogP contribution in [0.15, 0.2) is 0 Å². The van der Waals surface area contributed by atoms with Crippen molar-refractivity contribution in [2.24, 2.45) is 11.8 Å². The Hall–Kier alpha value is -0.570. The van der Waals surface area contributed by atoms with E-state index >= 15 is 0 Å². The molecule has 3 nitrogen and oxygen atoms in total. The van der Waals surface area contributed by atoms with E-state index in [2.05, 4.69) is 19.2 Å². The summed E-state index contributed by atoms with van der Waals surface area (Å²) in [5.41, 5.74) is -0.433. The second kappa shape index (κ2) is 5.67. The van der Waals surface area contributed by atoms with Crippen molar-refractivity contribution in [1.29, 1.82) is 0 Å². The molecule has 0 amide bonds. The molecule has 0 aromatic carbocycles. The predicted octanol–water partition coefficient (Wildman–Crippen LogP) is 2.35. The molecule has 0 aromatic heterocycles. The molecule has 0 heterocycles. The molecule has 1 saturated carbocycles. The first-order valence-electron chi connectivity index (χ1n) is 6.49. The van der Waals surface area contributed by atoms with E-state index in [9.17, 15) is 4.79 Å². The minimum atomic E-state index is -0.433. The van der Waals surface area contributed by atoms with Crippen molar-refractivity contribution in [2.75, 3.05) is 13.2 Å². The predicted molar refractivity (Wildman–Crippen MR) is 65.2 cm³/mol. The van der Waals surface area contributed by atoms with Crippen LogP contribution < -0.4 is 5.32 Å². The van der Waals surface area contributed by atoms with Crippen LogP contribution in [0, 0.1) is 11.8 Å². The number of nitrogens with one attached hydrogen (secondary N) is 1. The Morgan fingerprint density at radius 1 is 1.44 bits per heavy atom. The summed E-state index contributed by atoms with van der Waals surface area (Å²) in [6.07, 6.45) is 3.12. The van der Waals surface area contributed by atoms with Crippen molar-refractivity contribution < 1.29 is 9.53 Å². The third-order valence-corrected chi connectivity index (χ3v) is 3.76. The molecule has 3 heteroatoms. The standard InChI is InChI=1S/C13H25NO2/c1-5-14-13(12(15)16-6-2)8-7-10(3)9-11(13)4/h10-11,14H,5-9H2,1-4H3. The van der Waals surface area contributed by atoms with Gasteiger partial charge in [-0.05, 0) is 44.6 Å². The van der Waals surface area contributed by atoms with Crippen molar-refractivity contribution in [3.63, 3.8) is 0 Å². The Bertz CT molecular complexity index is 242. The van der Waals surface area contributed by atoms with E-state index in [4.69, 9.17) is 4.74 Å². The molecule has 0 spiro atoms. The van der Waals surface area contributed by atoms with Gasteiger partial charge in [0.2, 0.25) is 0 Å². The van der Waals surface area contributed by atoms with E-state index in [0.29, 0.717) is 12.5 Å². The Kier molecular flexibility index (Phi) is 4.78. The first kappa shape index (κ1) is 13.5. The molecule has 1 fully saturated rings. The van der Waals surface area contributed by atoms with Gasteiger partial charge in [-0.3, -0.25) is 4.79 Å². The molecule has 0 bridgehead atoms. The average Bonchev–Trinajstić information content (AvgIpc) is 2.23. The maximum atomic E-state index is 12.1. The second-order valence-electron chi connectivity index (χ2n) is 5.00. The molecular weight excluding hydrogens is 202 g/mol. The highest BCUT2D eigenvalue weighted by molar-refractivity contribution is 5.81. The minimum Gasteiger partial charge on any atom is -0.465 e. The van der Waals surface area contributed by atoms with Gasteiger partial charge in [-0.2, -0.15) is 0 Å². The molecule has 3 unspecified atom stereocenters. The molecule has 0 radical (unpaired) electrons. The minimum absolute atomic E-state index is 0.0590. The van der Waals surface area contributed by atoms with E-state index in [1.807, 2.05) is 13.8 Å². The van der Waals surface area contributed by atoms with Crippen LogP contribution in [0.2, 0.25) is 0 Å². The van der Waals surface area contributed by atoms with Crippen molar-refractivity contribution >= 4 is 5.97 Å². The topological polar surface area (TPSA) is 38.3 Å². The lowest BCUT2D eigenvalue weighted by atomic mass is 9.70. The van der Waals surface area contributed by atoms with Gasteiger partial charge >= 0.3 is 5.97 Å². The van der Waals surface area contributed by atoms with Crippen LogP contribution in [0.25, 0.3) is 0 Å². The van der Waals surface area contributed by atoms with E-state index in [1.54, 1.807) is 0 Å². The van der Waals surface area contributed by atoms with Gasteiger partial charge in [0.25, 0.3) is 0 Å². The first-order chi connectivity index (χ1) is 7.56. The van der Waals surface area contributed by atoms with Crippen LogP contribution in [0.1, 0.15) is 47.0 Å². The maximum absolute atomic E-state index is 12.1. The molecule has 94 valence electrons. The molecule has 1 aliphatic carbocycles. The summed E-state index contributed by atoms with van der Waals surface area (Å²) in [6.45, 7) is 9.62. The van der Waals surface area contributed by atoms with Crippen LogP contribution in [-0.2, 0) is 9.53 Å². The van der Waals surface area contributed by atoms with Gasteiger partial charge in [0.15, 0.2) is 0 Å². The molecule has 16 heavy (non-hydrogen) atoms. The van der Waals surface area contributed by atoms with Crippen molar-refractivity contribution in [1.82, 2.24) is 5.32 Å². The van der Waals surface area contributed by atoms with Gasteiger partial charge in [0, 0.05) is 0 Å². The SMILES string of the molecule is CCNC1(C(=O)OCC)CCC(C)CC1C. The molecule has 0 saturated heterocycles. The van der Waals surface area contributed by atoms with Crippen molar-refractivity contribution in [3.8, 4) is 0 Å². The molecule has 1 N–H and O–H groups in total. The van der Waals surface area contributed by atoms with Crippen molar-refractivity contribution in [2.45, 2.75) is 52.5 Å². The normalized spacial score (nSPS) is 34.8. The summed E-state index contributed by atoms with van der Waals surface area (Å²) in [6, 6.07) is 0. The lowest BCUT2D eigenvalue weighted by Gasteiger charge is -2.43. The smallest absolute Gasteiger partial charge is 0.326 e. The van der Waals surface area contributed by atoms with Crippen LogP contribution in [0.5, 0.6) is 0 Å². The number of hydrogen-bond donors (Lipinski definition) is 1. The Balaban J connectivity index is 2.82. The van der Waals surface area contributed by atoms with E-state index in [-0.39, 0.29) is 5.97 Å². The van der Waals surface area contributed by atoms with Gasteiger partial charge in [0.05, 0.1) is 6.61 Å². The number of hydrogen-bond acceptors (Lipinski definition) is 3. The van der Waals surface area contributed by atoms with Crippen LogP contribution >= 0.6 is 0 Å². The molecule has 0 aromatic rings. The van der Waals surface area contributed by atoms with Gasteiger partial charge in [0.1, 0.15) is 5.54 Å². The highest BCUT2D eigenvalue weighted by Crippen LogP contribution is 2.37. The summed E-state index contributed by atoms with van der Waals surface area (Å²) >= 11 is 0. The number of carbonyl (C=O) groups excluding carboxylic acids is 1. The zero-order valence-corrected chi connectivity index (χ0v) is 11.0. The summed E-state index contributed by atoms with van der Waals surface area (Å²) in [5.74, 6) is 1.02.